The van der Waals surface area contributed by atoms with E-state index in [0.29, 0.717) is 6.61 Å². The summed E-state index contributed by atoms with van der Waals surface area (Å²) in [4.78, 5) is 2.31. The smallest absolute Gasteiger partial charge is 0.212 e. The van der Waals surface area contributed by atoms with Crippen LogP contribution in [0.3, 0.4) is 0 Å². The van der Waals surface area contributed by atoms with Gasteiger partial charge in [-0.05, 0) is 11.1 Å². The van der Waals surface area contributed by atoms with Gasteiger partial charge < -0.3 is 9.84 Å². The standard InChI is InChI=1S/C23H23NO2.ClH/c25-23(21-14-8-3-9-15-21)22(20-12-6-2-7-13-20)24(16-17-26-23)18-19-10-4-1-5-11-19;/h1-15,22,25H,16-18H2;1H. The lowest BCUT2D eigenvalue weighted by molar-refractivity contribution is -0.283. The van der Waals surface area contributed by atoms with Gasteiger partial charge in [-0.25, -0.2) is 0 Å². The number of aliphatic hydroxyl groups is 1. The molecular weight excluding hydrogens is 358 g/mol. The SMILES string of the molecule is Cl.OC1(c2ccccc2)OCCN(Cc2ccccc2)C1c1ccccc1. The molecule has 3 aromatic carbocycles. The van der Waals surface area contributed by atoms with Crippen molar-refractivity contribution in [2.45, 2.75) is 18.4 Å². The maximum Gasteiger partial charge on any atom is 0.212 e. The lowest BCUT2D eigenvalue weighted by Crippen LogP contribution is -2.52. The molecule has 4 heteroatoms. The third-order valence-corrected chi connectivity index (χ3v) is 4.97. The predicted octanol–water partition coefficient (Wildman–Crippen LogP) is 4.53. The summed E-state index contributed by atoms with van der Waals surface area (Å²) in [6.07, 6.45) is 0. The molecule has 1 aliphatic heterocycles. The van der Waals surface area contributed by atoms with Crippen LogP contribution >= 0.6 is 12.4 Å². The number of halogens is 1. The van der Waals surface area contributed by atoms with Gasteiger partial charge in [0, 0.05) is 18.7 Å². The van der Waals surface area contributed by atoms with Crippen LogP contribution in [0, 0.1) is 0 Å². The van der Waals surface area contributed by atoms with Crippen LogP contribution in [0.1, 0.15) is 22.7 Å². The molecule has 1 saturated heterocycles. The molecule has 2 unspecified atom stereocenters. The van der Waals surface area contributed by atoms with E-state index < -0.39 is 5.79 Å². The van der Waals surface area contributed by atoms with Gasteiger partial charge in [-0.15, -0.1) is 12.4 Å². The summed E-state index contributed by atoms with van der Waals surface area (Å²) in [6.45, 7) is 2.02. The molecule has 27 heavy (non-hydrogen) atoms. The highest BCUT2D eigenvalue weighted by atomic mass is 35.5. The van der Waals surface area contributed by atoms with Crippen molar-refractivity contribution in [3.8, 4) is 0 Å². The van der Waals surface area contributed by atoms with Gasteiger partial charge in [0.05, 0.1) is 12.6 Å². The second-order valence-corrected chi connectivity index (χ2v) is 6.68. The monoisotopic (exact) mass is 381 g/mol. The van der Waals surface area contributed by atoms with Crippen molar-refractivity contribution in [1.82, 2.24) is 4.90 Å². The second-order valence-electron chi connectivity index (χ2n) is 6.68. The zero-order valence-corrected chi connectivity index (χ0v) is 15.9. The summed E-state index contributed by atoms with van der Waals surface area (Å²) in [5, 5.41) is 11.6. The van der Waals surface area contributed by atoms with E-state index >= 15 is 0 Å². The Balaban J connectivity index is 0.00000210. The van der Waals surface area contributed by atoms with Crippen molar-refractivity contribution in [3.05, 3.63) is 108 Å². The Morgan fingerprint density at radius 1 is 0.852 bits per heavy atom. The van der Waals surface area contributed by atoms with Crippen LogP contribution in [0.5, 0.6) is 0 Å². The van der Waals surface area contributed by atoms with Gasteiger partial charge >= 0.3 is 0 Å². The highest BCUT2D eigenvalue weighted by Crippen LogP contribution is 2.43. The zero-order valence-electron chi connectivity index (χ0n) is 15.1. The van der Waals surface area contributed by atoms with E-state index in [4.69, 9.17) is 4.74 Å². The summed E-state index contributed by atoms with van der Waals surface area (Å²) in [7, 11) is 0. The molecule has 1 aliphatic rings. The fraction of sp³-hybridized carbons (Fsp3) is 0.217. The average molecular weight is 382 g/mol. The van der Waals surface area contributed by atoms with Crippen molar-refractivity contribution in [2.75, 3.05) is 13.2 Å². The highest BCUT2D eigenvalue weighted by molar-refractivity contribution is 5.85. The van der Waals surface area contributed by atoms with Crippen molar-refractivity contribution < 1.29 is 9.84 Å². The molecule has 0 aliphatic carbocycles. The van der Waals surface area contributed by atoms with E-state index in [1.165, 1.54) is 5.56 Å². The minimum Gasteiger partial charge on any atom is -0.360 e. The molecule has 0 amide bonds. The predicted molar refractivity (Wildman–Crippen MR) is 110 cm³/mol. The molecule has 3 aromatic rings. The van der Waals surface area contributed by atoms with Crippen LogP contribution in [-0.4, -0.2) is 23.2 Å². The molecule has 1 N–H and O–H groups in total. The molecular formula is C23H24ClNO2. The van der Waals surface area contributed by atoms with Gasteiger partial charge in [0.15, 0.2) is 0 Å². The second kappa shape index (κ2) is 8.68. The molecule has 1 fully saturated rings. The molecule has 3 nitrogen and oxygen atoms in total. The third-order valence-electron chi connectivity index (χ3n) is 4.97. The zero-order chi connectivity index (χ0) is 17.8. The Labute approximate surface area is 166 Å². The van der Waals surface area contributed by atoms with Crippen LogP contribution in [0.25, 0.3) is 0 Å². The summed E-state index contributed by atoms with van der Waals surface area (Å²) < 4.78 is 6.00. The van der Waals surface area contributed by atoms with Gasteiger partial charge in [0.25, 0.3) is 0 Å². The molecule has 4 rings (SSSR count). The number of ether oxygens (including phenoxy) is 1. The first-order valence-corrected chi connectivity index (χ1v) is 9.02. The van der Waals surface area contributed by atoms with Crippen molar-refractivity contribution in [2.24, 2.45) is 0 Å². The molecule has 0 radical (unpaired) electrons. The van der Waals surface area contributed by atoms with Crippen LogP contribution in [0.4, 0.5) is 0 Å². The first-order chi connectivity index (χ1) is 12.8. The largest absolute Gasteiger partial charge is 0.360 e. The normalized spacial score (nSPS) is 22.8. The van der Waals surface area contributed by atoms with E-state index in [9.17, 15) is 5.11 Å². The first-order valence-electron chi connectivity index (χ1n) is 9.02. The highest BCUT2D eigenvalue weighted by Gasteiger charge is 2.46. The van der Waals surface area contributed by atoms with E-state index in [-0.39, 0.29) is 18.4 Å². The Kier molecular flexibility index (Phi) is 6.30. The van der Waals surface area contributed by atoms with Crippen molar-refractivity contribution in [3.63, 3.8) is 0 Å². The minimum absolute atomic E-state index is 0. The Morgan fingerprint density at radius 3 is 2.04 bits per heavy atom. The summed E-state index contributed by atoms with van der Waals surface area (Å²) >= 11 is 0. The molecule has 0 aromatic heterocycles. The van der Waals surface area contributed by atoms with Crippen LogP contribution in [0.15, 0.2) is 91.0 Å². The van der Waals surface area contributed by atoms with Gasteiger partial charge in [-0.3, -0.25) is 4.90 Å². The van der Waals surface area contributed by atoms with Crippen LogP contribution in [-0.2, 0) is 17.1 Å². The quantitative estimate of drug-likeness (QED) is 0.720. The molecule has 0 bridgehead atoms. The molecule has 2 atom stereocenters. The number of nitrogens with zero attached hydrogens (tertiary/aromatic N) is 1. The third kappa shape index (κ3) is 4.07. The van der Waals surface area contributed by atoms with E-state index in [2.05, 4.69) is 41.3 Å². The lowest BCUT2D eigenvalue weighted by Gasteiger charge is -2.47. The summed E-state index contributed by atoms with van der Waals surface area (Å²) in [5.74, 6) is -1.38. The molecule has 0 saturated carbocycles. The summed E-state index contributed by atoms with van der Waals surface area (Å²) in [6, 6.07) is 29.9. The lowest BCUT2D eigenvalue weighted by atomic mass is 9.89. The van der Waals surface area contributed by atoms with E-state index in [1.54, 1.807) is 0 Å². The first kappa shape index (κ1) is 19.6. The van der Waals surface area contributed by atoms with E-state index in [0.717, 1.165) is 24.2 Å². The fourth-order valence-electron chi connectivity index (χ4n) is 3.75. The van der Waals surface area contributed by atoms with Crippen molar-refractivity contribution in [1.29, 1.82) is 0 Å². The van der Waals surface area contributed by atoms with Crippen LogP contribution in [0.2, 0.25) is 0 Å². The van der Waals surface area contributed by atoms with Crippen molar-refractivity contribution >= 4 is 12.4 Å². The molecule has 140 valence electrons. The summed E-state index contributed by atoms with van der Waals surface area (Å²) in [5.41, 5.74) is 3.06. The fourth-order valence-corrected chi connectivity index (χ4v) is 3.75. The van der Waals surface area contributed by atoms with Gasteiger partial charge in [0.1, 0.15) is 0 Å². The minimum atomic E-state index is -1.38. The molecule has 1 heterocycles. The maximum absolute atomic E-state index is 11.6. The van der Waals surface area contributed by atoms with Crippen LogP contribution < -0.4 is 0 Å². The Morgan fingerprint density at radius 2 is 1.41 bits per heavy atom. The topological polar surface area (TPSA) is 32.7 Å². The number of rotatable bonds is 4. The average Bonchev–Trinajstić information content (AvgIpc) is 2.70. The van der Waals surface area contributed by atoms with Gasteiger partial charge in [-0.1, -0.05) is 91.0 Å². The number of benzene rings is 3. The van der Waals surface area contributed by atoms with E-state index in [1.807, 2.05) is 54.6 Å². The maximum atomic E-state index is 11.6. The number of hydrogen-bond acceptors (Lipinski definition) is 3. The van der Waals surface area contributed by atoms with Gasteiger partial charge in [0.2, 0.25) is 5.79 Å². The Hall–Kier alpha value is -2.17. The number of hydrogen-bond donors (Lipinski definition) is 1. The molecule has 0 spiro atoms. The van der Waals surface area contributed by atoms with Gasteiger partial charge in [-0.2, -0.15) is 0 Å². The number of morpholine rings is 1. The Bertz CT molecular complexity index is 829.